The number of halogens is 1. The summed E-state index contributed by atoms with van der Waals surface area (Å²) in [5.74, 6) is 2.06. The third-order valence-electron chi connectivity index (χ3n) is 2.49. The first-order chi connectivity index (χ1) is 8.99. The van der Waals surface area contributed by atoms with Gasteiger partial charge in [-0.1, -0.05) is 19.3 Å². The van der Waals surface area contributed by atoms with Crippen molar-refractivity contribution < 1.29 is 9.72 Å². The molecule has 0 aliphatic carbocycles. The van der Waals surface area contributed by atoms with Gasteiger partial charge in [0.15, 0.2) is 0 Å². The van der Waals surface area contributed by atoms with Crippen LogP contribution >= 0.6 is 15.9 Å². The Kier molecular flexibility index (Phi) is 5.52. The van der Waals surface area contributed by atoms with Gasteiger partial charge in [-0.3, -0.25) is 14.9 Å². The number of carbonyl (C=O) groups is 1. The lowest BCUT2D eigenvalue weighted by atomic mass is 10.1. The molecule has 1 aromatic rings. The Hall–Kier alpha value is -1.87. The van der Waals surface area contributed by atoms with E-state index < -0.39 is 10.8 Å². The summed E-state index contributed by atoms with van der Waals surface area (Å²) in [4.78, 5) is 22.2. The van der Waals surface area contributed by atoms with E-state index in [1.807, 2.05) is 6.92 Å². The molecule has 0 saturated carbocycles. The minimum atomic E-state index is -0.548. The zero-order valence-corrected chi connectivity index (χ0v) is 11.9. The van der Waals surface area contributed by atoms with Gasteiger partial charge in [-0.2, -0.15) is 0 Å². The molecule has 0 aliphatic rings. The molecule has 0 fully saturated rings. The number of rotatable bonds is 5. The first-order valence-corrected chi connectivity index (χ1v) is 6.49. The van der Waals surface area contributed by atoms with Gasteiger partial charge in [-0.25, -0.2) is 0 Å². The van der Waals surface area contributed by atoms with Crippen LogP contribution in [0.25, 0.3) is 0 Å². The molecule has 19 heavy (non-hydrogen) atoms. The number of terminal acetylenes is 1. The molecule has 6 heteroatoms. The largest absolute Gasteiger partial charge is 0.338 e. The lowest BCUT2D eigenvalue weighted by Crippen LogP contribution is -2.33. The van der Waals surface area contributed by atoms with E-state index in [4.69, 9.17) is 6.42 Å². The number of nitro groups is 1. The summed E-state index contributed by atoms with van der Waals surface area (Å²) < 4.78 is 0.489. The fourth-order valence-electron chi connectivity index (χ4n) is 1.52. The molecule has 0 radical (unpaired) electrons. The van der Waals surface area contributed by atoms with Crippen LogP contribution in [0.1, 0.15) is 30.1 Å². The number of hydrogen-bond acceptors (Lipinski definition) is 3. The summed E-state index contributed by atoms with van der Waals surface area (Å²) >= 11 is 3.20. The SMILES string of the molecule is C#CC(CCC)NC(=O)c1cc([N+](=O)[O-])ccc1Br. The van der Waals surface area contributed by atoms with Crippen LogP contribution in [-0.4, -0.2) is 16.9 Å². The van der Waals surface area contributed by atoms with Crippen LogP contribution in [0.15, 0.2) is 22.7 Å². The van der Waals surface area contributed by atoms with E-state index in [1.165, 1.54) is 18.2 Å². The van der Waals surface area contributed by atoms with E-state index >= 15 is 0 Å². The van der Waals surface area contributed by atoms with Crippen molar-refractivity contribution in [1.29, 1.82) is 0 Å². The normalized spacial score (nSPS) is 11.4. The molecule has 5 nitrogen and oxygen atoms in total. The Balaban J connectivity index is 2.96. The maximum absolute atomic E-state index is 12.0. The van der Waals surface area contributed by atoms with Gasteiger partial charge >= 0.3 is 0 Å². The minimum absolute atomic E-state index is 0.138. The standard InChI is InChI=1S/C13H13BrN2O3/c1-3-5-9(4-2)15-13(17)11-8-10(16(18)19)6-7-12(11)14/h2,6-9H,3,5H2,1H3,(H,15,17). The van der Waals surface area contributed by atoms with E-state index in [0.29, 0.717) is 10.9 Å². The minimum Gasteiger partial charge on any atom is -0.338 e. The number of hydrogen-bond donors (Lipinski definition) is 1. The number of amides is 1. The van der Waals surface area contributed by atoms with Crippen LogP contribution in [0, 0.1) is 22.5 Å². The molecule has 0 saturated heterocycles. The molecule has 1 atom stereocenters. The second-order valence-corrected chi connectivity index (χ2v) is 4.76. The highest BCUT2D eigenvalue weighted by Crippen LogP contribution is 2.22. The van der Waals surface area contributed by atoms with Crippen LogP contribution in [0.2, 0.25) is 0 Å². The quantitative estimate of drug-likeness (QED) is 0.514. The molecule has 0 aromatic heterocycles. The van der Waals surface area contributed by atoms with Crippen molar-refractivity contribution in [1.82, 2.24) is 5.32 Å². The summed E-state index contributed by atoms with van der Waals surface area (Å²) in [5.41, 5.74) is 0.0617. The molecule has 0 spiro atoms. The predicted octanol–water partition coefficient (Wildman–Crippen LogP) is 2.89. The van der Waals surface area contributed by atoms with Gasteiger partial charge in [-0.05, 0) is 28.4 Å². The smallest absolute Gasteiger partial charge is 0.270 e. The first-order valence-electron chi connectivity index (χ1n) is 5.70. The first kappa shape index (κ1) is 15.2. The highest BCUT2D eigenvalue weighted by Gasteiger charge is 2.17. The maximum Gasteiger partial charge on any atom is 0.270 e. The fourth-order valence-corrected chi connectivity index (χ4v) is 1.95. The number of carbonyl (C=O) groups excluding carboxylic acids is 1. The van der Waals surface area contributed by atoms with Crippen LogP contribution in [0.5, 0.6) is 0 Å². The van der Waals surface area contributed by atoms with Gasteiger partial charge in [0.25, 0.3) is 11.6 Å². The van der Waals surface area contributed by atoms with Gasteiger partial charge in [0.2, 0.25) is 0 Å². The van der Waals surface area contributed by atoms with E-state index in [0.717, 1.165) is 6.42 Å². The number of nitro benzene ring substituents is 1. The van der Waals surface area contributed by atoms with Crippen LogP contribution in [0.3, 0.4) is 0 Å². The van der Waals surface area contributed by atoms with Gasteiger partial charge in [0.05, 0.1) is 16.5 Å². The summed E-state index contributed by atoms with van der Waals surface area (Å²) in [5, 5.41) is 13.4. The second-order valence-electron chi connectivity index (χ2n) is 3.90. The Bertz CT molecular complexity index is 537. The second kappa shape index (κ2) is 6.90. The molecule has 0 bridgehead atoms. The van der Waals surface area contributed by atoms with Gasteiger partial charge in [0.1, 0.15) is 0 Å². The Labute approximate surface area is 119 Å². The molecule has 1 rings (SSSR count). The lowest BCUT2D eigenvalue weighted by Gasteiger charge is -2.12. The maximum atomic E-state index is 12.0. The van der Waals surface area contributed by atoms with E-state index in [1.54, 1.807) is 0 Å². The zero-order chi connectivity index (χ0) is 14.4. The third kappa shape index (κ3) is 4.07. The summed E-state index contributed by atoms with van der Waals surface area (Å²) in [6, 6.07) is 3.64. The van der Waals surface area contributed by atoms with Crippen molar-refractivity contribution in [3.8, 4) is 12.3 Å². The molecule has 1 aromatic carbocycles. The lowest BCUT2D eigenvalue weighted by molar-refractivity contribution is -0.384. The molecular weight excluding hydrogens is 312 g/mol. The monoisotopic (exact) mass is 324 g/mol. The third-order valence-corrected chi connectivity index (χ3v) is 3.18. The molecule has 1 amide bonds. The zero-order valence-electron chi connectivity index (χ0n) is 10.4. The van der Waals surface area contributed by atoms with Crippen molar-refractivity contribution >= 4 is 27.5 Å². The van der Waals surface area contributed by atoms with E-state index in [9.17, 15) is 14.9 Å². The van der Waals surface area contributed by atoms with Gasteiger partial charge in [-0.15, -0.1) is 6.42 Å². The number of benzene rings is 1. The van der Waals surface area contributed by atoms with Crippen molar-refractivity contribution in [2.75, 3.05) is 0 Å². The van der Waals surface area contributed by atoms with Crippen molar-refractivity contribution in [3.63, 3.8) is 0 Å². The fraction of sp³-hybridized carbons (Fsp3) is 0.308. The average molecular weight is 325 g/mol. The van der Waals surface area contributed by atoms with Crippen molar-refractivity contribution in [2.24, 2.45) is 0 Å². The average Bonchev–Trinajstić information content (AvgIpc) is 2.38. The molecule has 0 aliphatic heterocycles. The van der Waals surface area contributed by atoms with E-state index in [2.05, 4.69) is 27.2 Å². The van der Waals surface area contributed by atoms with Crippen LogP contribution in [0.4, 0.5) is 5.69 Å². The van der Waals surface area contributed by atoms with Gasteiger partial charge < -0.3 is 5.32 Å². The summed E-state index contributed by atoms with van der Waals surface area (Å²) in [6.45, 7) is 1.96. The molecule has 1 unspecified atom stereocenters. The summed E-state index contributed by atoms with van der Waals surface area (Å²) in [7, 11) is 0. The predicted molar refractivity (Wildman–Crippen MR) is 75.8 cm³/mol. The van der Waals surface area contributed by atoms with E-state index in [-0.39, 0.29) is 17.3 Å². The number of non-ortho nitro benzene ring substituents is 1. The Morgan fingerprint density at radius 1 is 1.63 bits per heavy atom. The highest BCUT2D eigenvalue weighted by molar-refractivity contribution is 9.10. The number of nitrogens with one attached hydrogen (secondary N) is 1. The molecule has 100 valence electrons. The topological polar surface area (TPSA) is 72.2 Å². The van der Waals surface area contributed by atoms with Crippen LogP contribution < -0.4 is 5.32 Å². The van der Waals surface area contributed by atoms with Crippen LogP contribution in [-0.2, 0) is 0 Å². The van der Waals surface area contributed by atoms with Crippen molar-refractivity contribution in [3.05, 3.63) is 38.3 Å². The molecule has 1 N–H and O–H groups in total. The highest BCUT2D eigenvalue weighted by atomic mass is 79.9. The van der Waals surface area contributed by atoms with Gasteiger partial charge in [0, 0.05) is 16.6 Å². The molecule has 0 heterocycles. The Morgan fingerprint density at radius 3 is 2.84 bits per heavy atom. The summed E-state index contributed by atoms with van der Waals surface area (Å²) in [6.07, 6.45) is 6.82. The molecular formula is C13H13BrN2O3. The number of nitrogens with zero attached hydrogens (tertiary/aromatic N) is 1. The van der Waals surface area contributed by atoms with Crippen molar-refractivity contribution in [2.45, 2.75) is 25.8 Å². The Morgan fingerprint density at radius 2 is 2.32 bits per heavy atom.